The SMILES string of the molecule is CC(=O)NC(=O)c1c(C2=CC3CC(=O)CC3C2)nn(C)c1N. The minimum absolute atomic E-state index is 0.225. The van der Waals surface area contributed by atoms with Crippen LogP contribution in [0, 0.1) is 11.8 Å². The first-order valence-corrected chi connectivity index (χ1v) is 7.24. The summed E-state index contributed by atoms with van der Waals surface area (Å²) in [6.07, 6.45) is 3.89. The standard InChI is InChI=1S/C15H18N4O3/c1-7(20)17-15(22)12-13(18-19(2)14(12)16)10-3-8-5-11(21)6-9(8)4-10/h3,8-9H,4-6,16H2,1-2H3,(H,17,20,22). The zero-order chi connectivity index (χ0) is 16.0. The number of nitrogens with zero attached hydrogens (tertiary/aromatic N) is 2. The molecular formula is C15H18N4O3. The summed E-state index contributed by atoms with van der Waals surface area (Å²) < 4.78 is 1.43. The van der Waals surface area contributed by atoms with Crippen molar-refractivity contribution in [2.45, 2.75) is 26.2 Å². The Hall–Kier alpha value is -2.44. The lowest BCUT2D eigenvalue weighted by atomic mass is 9.98. The molecule has 1 fully saturated rings. The number of Topliss-reactive ketones (excluding diaryl/α,β-unsaturated/α-hetero) is 1. The Morgan fingerprint density at radius 3 is 2.73 bits per heavy atom. The molecule has 0 aliphatic heterocycles. The van der Waals surface area contributed by atoms with Gasteiger partial charge in [0, 0.05) is 26.8 Å². The van der Waals surface area contributed by atoms with E-state index in [0.29, 0.717) is 36.7 Å². The second-order valence-corrected chi connectivity index (χ2v) is 6.01. The van der Waals surface area contributed by atoms with Gasteiger partial charge in [0.15, 0.2) is 0 Å². The number of fused-ring (bicyclic) bond motifs is 1. The van der Waals surface area contributed by atoms with E-state index in [0.717, 1.165) is 5.57 Å². The summed E-state index contributed by atoms with van der Waals surface area (Å²) in [5.41, 5.74) is 7.61. The zero-order valence-electron chi connectivity index (χ0n) is 12.5. The molecule has 22 heavy (non-hydrogen) atoms. The van der Waals surface area contributed by atoms with Gasteiger partial charge in [0.25, 0.3) is 5.91 Å². The number of aryl methyl sites for hydroxylation is 1. The number of hydrogen-bond acceptors (Lipinski definition) is 5. The smallest absolute Gasteiger partial charge is 0.263 e. The first-order valence-electron chi connectivity index (χ1n) is 7.24. The number of hydrogen-bond donors (Lipinski definition) is 2. The summed E-state index contributed by atoms with van der Waals surface area (Å²) in [6, 6.07) is 0. The lowest BCUT2D eigenvalue weighted by molar-refractivity contribution is -0.118. The molecule has 7 heteroatoms. The Labute approximate surface area is 127 Å². The number of amides is 2. The molecule has 0 radical (unpaired) electrons. The predicted octanol–water partition coefficient (Wildman–Crippen LogP) is 0.661. The van der Waals surface area contributed by atoms with Crippen LogP contribution >= 0.6 is 0 Å². The van der Waals surface area contributed by atoms with E-state index in [1.165, 1.54) is 11.6 Å². The van der Waals surface area contributed by atoms with Crippen LogP contribution in [-0.4, -0.2) is 27.4 Å². The van der Waals surface area contributed by atoms with Crippen LogP contribution in [-0.2, 0) is 16.6 Å². The molecule has 1 aromatic heterocycles. The van der Waals surface area contributed by atoms with Crippen LogP contribution in [0.1, 0.15) is 42.2 Å². The monoisotopic (exact) mass is 302 g/mol. The predicted molar refractivity (Wildman–Crippen MR) is 79.6 cm³/mol. The van der Waals surface area contributed by atoms with E-state index in [9.17, 15) is 14.4 Å². The van der Waals surface area contributed by atoms with E-state index >= 15 is 0 Å². The highest BCUT2D eigenvalue weighted by molar-refractivity contribution is 6.09. The number of carbonyl (C=O) groups is 3. The van der Waals surface area contributed by atoms with E-state index in [2.05, 4.69) is 10.4 Å². The molecule has 1 heterocycles. The largest absolute Gasteiger partial charge is 0.383 e. The Kier molecular flexibility index (Phi) is 3.35. The Morgan fingerprint density at radius 2 is 2.09 bits per heavy atom. The molecule has 2 atom stereocenters. The van der Waals surface area contributed by atoms with Crippen LogP contribution < -0.4 is 11.1 Å². The van der Waals surface area contributed by atoms with Crippen molar-refractivity contribution in [2.24, 2.45) is 18.9 Å². The molecule has 2 amide bonds. The van der Waals surface area contributed by atoms with Gasteiger partial charge in [-0.3, -0.25) is 24.4 Å². The lowest BCUT2D eigenvalue weighted by Gasteiger charge is -2.06. The second kappa shape index (κ2) is 5.08. The van der Waals surface area contributed by atoms with E-state index in [4.69, 9.17) is 5.73 Å². The fourth-order valence-corrected chi connectivity index (χ4v) is 3.37. The fraction of sp³-hybridized carbons (Fsp3) is 0.467. The van der Waals surface area contributed by atoms with Gasteiger partial charge in [-0.15, -0.1) is 0 Å². The van der Waals surface area contributed by atoms with Crippen LogP contribution in [0.15, 0.2) is 6.08 Å². The number of carbonyl (C=O) groups excluding carboxylic acids is 3. The van der Waals surface area contributed by atoms with Gasteiger partial charge >= 0.3 is 0 Å². The normalized spacial score (nSPS) is 23.4. The lowest BCUT2D eigenvalue weighted by Crippen LogP contribution is -2.29. The Balaban J connectivity index is 1.97. The van der Waals surface area contributed by atoms with Gasteiger partial charge in [0.05, 0.1) is 0 Å². The van der Waals surface area contributed by atoms with Crippen LogP contribution in [0.5, 0.6) is 0 Å². The van der Waals surface area contributed by atoms with E-state index < -0.39 is 11.8 Å². The Morgan fingerprint density at radius 1 is 1.36 bits per heavy atom. The molecule has 2 unspecified atom stereocenters. The molecule has 3 N–H and O–H groups in total. The summed E-state index contributed by atoms with van der Waals surface area (Å²) in [6.45, 7) is 1.27. The molecule has 1 aromatic rings. The molecule has 0 spiro atoms. The third-order valence-corrected chi connectivity index (χ3v) is 4.37. The second-order valence-electron chi connectivity index (χ2n) is 6.01. The van der Waals surface area contributed by atoms with Crippen molar-refractivity contribution in [1.29, 1.82) is 0 Å². The number of anilines is 1. The van der Waals surface area contributed by atoms with Crippen molar-refractivity contribution in [3.63, 3.8) is 0 Å². The fourth-order valence-electron chi connectivity index (χ4n) is 3.37. The molecule has 2 aliphatic rings. The van der Waals surface area contributed by atoms with Crippen molar-refractivity contribution < 1.29 is 14.4 Å². The first kappa shape index (κ1) is 14.5. The summed E-state index contributed by atoms with van der Waals surface area (Å²) >= 11 is 0. The van der Waals surface area contributed by atoms with Gasteiger partial charge in [-0.25, -0.2) is 0 Å². The van der Waals surface area contributed by atoms with E-state index in [1.807, 2.05) is 6.08 Å². The minimum atomic E-state index is -0.540. The molecule has 0 aromatic carbocycles. The van der Waals surface area contributed by atoms with Gasteiger partial charge in [-0.1, -0.05) is 6.08 Å². The maximum absolute atomic E-state index is 12.2. The summed E-state index contributed by atoms with van der Waals surface area (Å²) in [7, 11) is 1.66. The van der Waals surface area contributed by atoms with Crippen LogP contribution in [0.25, 0.3) is 5.57 Å². The summed E-state index contributed by atoms with van der Waals surface area (Å²) in [5, 5.41) is 6.58. The summed E-state index contributed by atoms with van der Waals surface area (Å²) in [4.78, 5) is 34.8. The molecule has 1 saturated carbocycles. The third kappa shape index (κ3) is 2.32. The molecule has 3 rings (SSSR count). The van der Waals surface area contributed by atoms with Gasteiger partial charge in [0.2, 0.25) is 5.91 Å². The molecular weight excluding hydrogens is 284 g/mol. The number of rotatable bonds is 2. The minimum Gasteiger partial charge on any atom is -0.383 e. The molecule has 0 bridgehead atoms. The van der Waals surface area contributed by atoms with Crippen molar-refractivity contribution in [3.8, 4) is 0 Å². The highest BCUT2D eigenvalue weighted by Crippen LogP contribution is 2.45. The number of allylic oxidation sites excluding steroid dienone is 2. The highest BCUT2D eigenvalue weighted by Gasteiger charge is 2.38. The number of nitrogen functional groups attached to an aromatic ring is 1. The number of ketones is 1. The van der Waals surface area contributed by atoms with E-state index in [-0.39, 0.29) is 17.3 Å². The van der Waals surface area contributed by atoms with Gasteiger partial charge in [-0.05, 0) is 23.8 Å². The summed E-state index contributed by atoms with van der Waals surface area (Å²) in [5.74, 6) is 0.0660. The number of nitrogens with one attached hydrogen (secondary N) is 1. The average Bonchev–Trinajstić information content (AvgIpc) is 3.01. The molecule has 2 aliphatic carbocycles. The maximum atomic E-state index is 12.2. The van der Waals surface area contributed by atoms with Crippen molar-refractivity contribution in [1.82, 2.24) is 15.1 Å². The quantitative estimate of drug-likeness (QED) is 0.834. The van der Waals surface area contributed by atoms with Crippen molar-refractivity contribution in [3.05, 3.63) is 17.3 Å². The van der Waals surface area contributed by atoms with Gasteiger partial charge in [-0.2, -0.15) is 5.10 Å². The topological polar surface area (TPSA) is 107 Å². The zero-order valence-corrected chi connectivity index (χ0v) is 12.5. The molecule has 0 saturated heterocycles. The van der Waals surface area contributed by atoms with Gasteiger partial charge in [0.1, 0.15) is 22.9 Å². The van der Waals surface area contributed by atoms with Gasteiger partial charge < -0.3 is 5.73 Å². The van der Waals surface area contributed by atoms with Crippen LogP contribution in [0.3, 0.4) is 0 Å². The number of aromatic nitrogens is 2. The Bertz CT molecular complexity index is 717. The average molecular weight is 302 g/mol. The van der Waals surface area contributed by atoms with Crippen LogP contribution in [0.2, 0.25) is 0 Å². The highest BCUT2D eigenvalue weighted by atomic mass is 16.2. The first-order chi connectivity index (χ1) is 10.4. The van der Waals surface area contributed by atoms with Crippen molar-refractivity contribution in [2.75, 3.05) is 5.73 Å². The maximum Gasteiger partial charge on any atom is 0.263 e. The molecule has 116 valence electrons. The third-order valence-electron chi connectivity index (χ3n) is 4.37. The number of imide groups is 1. The van der Waals surface area contributed by atoms with E-state index in [1.54, 1.807) is 7.05 Å². The molecule has 7 nitrogen and oxygen atoms in total. The van der Waals surface area contributed by atoms with Crippen molar-refractivity contribution >= 4 is 29.0 Å². The van der Waals surface area contributed by atoms with Crippen LogP contribution in [0.4, 0.5) is 5.82 Å². The number of nitrogens with two attached hydrogens (primary N) is 1.